The molecule has 2 rings (SSSR count). The van der Waals surface area contributed by atoms with Crippen LogP contribution in [0, 0.1) is 5.92 Å². The first kappa shape index (κ1) is 18.7. The van der Waals surface area contributed by atoms with Gasteiger partial charge in [0.15, 0.2) is 5.96 Å². The highest BCUT2D eigenvalue weighted by Gasteiger charge is 2.19. The number of nitrogens with zero attached hydrogens (tertiary/aromatic N) is 2. The van der Waals surface area contributed by atoms with Crippen molar-refractivity contribution in [2.24, 2.45) is 10.9 Å². The Morgan fingerprint density at radius 2 is 2.29 bits per heavy atom. The minimum Gasteiger partial charge on any atom is -0.354 e. The Labute approximate surface area is 149 Å². The van der Waals surface area contributed by atoms with E-state index < -0.39 is 0 Å². The van der Waals surface area contributed by atoms with Gasteiger partial charge >= 0.3 is 0 Å². The van der Waals surface area contributed by atoms with Gasteiger partial charge in [-0.1, -0.05) is 26.7 Å². The monoisotopic (exact) mass is 422 g/mol. The maximum absolute atomic E-state index is 4.43. The van der Waals surface area contributed by atoms with Crippen LogP contribution in [0.5, 0.6) is 0 Å². The van der Waals surface area contributed by atoms with Crippen LogP contribution >= 0.6 is 35.3 Å². The smallest absolute Gasteiger partial charge is 0.191 e. The Hall–Kier alpha value is -0.370. The lowest BCUT2D eigenvalue weighted by atomic mass is 9.87. The van der Waals surface area contributed by atoms with Crippen LogP contribution in [0.1, 0.15) is 49.4 Å². The first-order valence-electron chi connectivity index (χ1n) is 7.62. The van der Waals surface area contributed by atoms with E-state index in [2.05, 4.69) is 34.5 Å². The lowest BCUT2D eigenvalue weighted by Gasteiger charge is -2.28. The number of aromatic nitrogens is 1. The number of aliphatic imine (C=N–C) groups is 1. The molecule has 120 valence electrons. The maximum atomic E-state index is 4.43. The van der Waals surface area contributed by atoms with Crippen molar-refractivity contribution in [3.63, 3.8) is 0 Å². The zero-order valence-corrected chi connectivity index (χ0v) is 16.3. The number of hydrogen-bond donors (Lipinski definition) is 2. The summed E-state index contributed by atoms with van der Waals surface area (Å²) in [5, 5.41) is 8.04. The fraction of sp³-hybridized carbons (Fsp3) is 0.733. The van der Waals surface area contributed by atoms with E-state index in [0.29, 0.717) is 6.04 Å². The van der Waals surface area contributed by atoms with Crippen LogP contribution in [0.2, 0.25) is 0 Å². The van der Waals surface area contributed by atoms with E-state index in [1.54, 1.807) is 11.3 Å². The van der Waals surface area contributed by atoms with Crippen molar-refractivity contribution in [3.05, 3.63) is 16.1 Å². The first-order chi connectivity index (χ1) is 9.71. The average molecular weight is 422 g/mol. The molecule has 1 saturated carbocycles. The Bertz CT molecular complexity index is 447. The summed E-state index contributed by atoms with van der Waals surface area (Å²) in [7, 11) is 1.83. The molecule has 1 fully saturated rings. The van der Waals surface area contributed by atoms with Crippen molar-refractivity contribution in [2.45, 2.75) is 58.5 Å². The minimum absolute atomic E-state index is 0. The molecule has 1 aliphatic rings. The second kappa shape index (κ2) is 9.61. The van der Waals surface area contributed by atoms with E-state index in [-0.39, 0.29) is 24.0 Å². The number of nitrogens with one attached hydrogen (secondary N) is 2. The molecule has 0 saturated heterocycles. The quantitative estimate of drug-likeness (QED) is 0.443. The normalized spacial score (nSPS) is 22.5. The van der Waals surface area contributed by atoms with E-state index in [1.807, 2.05) is 13.2 Å². The molecule has 4 nitrogen and oxygen atoms in total. The first-order valence-corrected chi connectivity index (χ1v) is 8.43. The number of rotatable bonds is 4. The van der Waals surface area contributed by atoms with Crippen molar-refractivity contribution in [1.29, 1.82) is 0 Å². The van der Waals surface area contributed by atoms with Crippen molar-refractivity contribution < 1.29 is 0 Å². The lowest BCUT2D eigenvalue weighted by molar-refractivity contribution is 0.324. The summed E-state index contributed by atoms with van der Waals surface area (Å²) in [5.41, 5.74) is 0. The van der Waals surface area contributed by atoms with Gasteiger partial charge in [-0.25, -0.2) is 4.98 Å². The third-order valence-electron chi connectivity index (χ3n) is 3.86. The molecule has 0 aromatic carbocycles. The van der Waals surface area contributed by atoms with E-state index in [0.717, 1.165) is 29.9 Å². The molecule has 2 unspecified atom stereocenters. The molecule has 0 spiro atoms. The van der Waals surface area contributed by atoms with E-state index in [9.17, 15) is 0 Å². The summed E-state index contributed by atoms with van der Waals surface area (Å²) in [6, 6.07) is 0.562. The SMILES string of the molecule is CCc1cnc(CNC(=NC)NC2CCCC(C)C2)s1.I. The van der Waals surface area contributed by atoms with Crippen molar-refractivity contribution >= 4 is 41.3 Å². The minimum atomic E-state index is 0. The number of halogens is 1. The van der Waals surface area contributed by atoms with Gasteiger partial charge in [0.1, 0.15) is 5.01 Å². The molecular weight excluding hydrogens is 395 g/mol. The highest BCUT2D eigenvalue weighted by Crippen LogP contribution is 2.23. The number of guanidine groups is 1. The molecule has 0 aliphatic heterocycles. The van der Waals surface area contributed by atoms with Gasteiger partial charge in [-0.3, -0.25) is 4.99 Å². The summed E-state index contributed by atoms with van der Waals surface area (Å²) in [6.07, 6.45) is 8.22. The highest BCUT2D eigenvalue weighted by molar-refractivity contribution is 14.0. The standard InChI is InChI=1S/C15H26N4S.HI/c1-4-13-9-17-14(20-13)10-18-15(16-3)19-12-7-5-6-11(2)8-12;/h9,11-12H,4-8,10H2,1-3H3,(H2,16,18,19);1H. The third-order valence-corrected chi connectivity index (χ3v) is 5.00. The van der Waals surface area contributed by atoms with Gasteiger partial charge < -0.3 is 10.6 Å². The molecule has 6 heteroatoms. The molecule has 0 amide bonds. The molecule has 1 aliphatic carbocycles. The fourth-order valence-corrected chi connectivity index (χ4v) is 3.51. The Balaban J connectivity index is 0.00000220. The van der Waals surface area contributed by atoms with Gasteiger partial charge in [0.2, 0.25) is 0 Å². The van der Waals surface area contributed by atoms with Crippen LogP contribution in [0.15, 0.2) is 11.2 Å². The number of aryl methyl sites for hydroxylation is 1. The van der Waals surface area contributed by atoms with Crippen LogP contribution in [-0.4, -0.2) is 24.0 Å². The van der Waals surface area contributed by atoms with Gasteiger partial charge in [0, 0.05) is 24.2 Å². The van der Waals surface area contributed by atoms with Crippen molar-refractivity contribution in [1.82, 2.24) is 15.6 Å². The van der Waals surface area contributed by atoms with Crippen molar-refractivity contribution in [3.8, 4) is 0 Å². The molecule has 1 aromatic rings. The molecular formula is C15H27IN4S. The zero-order valence-electron chi connectivity index (χ0n) is 13.2. The third kappa shape index (κ3) is 6.10. The topological polar surface area (TPSA) is 49.3 Å². The van der Waals surface area contributed by atoms with E-state index in [4.69, 9.17) is 0 Å². The van der Waals surface area contributed by atoms with E-state index >= 15 is 0 Å². The van der Waals surface area contributed by atoms with Gasteiger partial charge in [0.05, 0.1) is 6.54 Å². The van der Waals surface area contributed by atoms with Gasteiger partial charge in [0.25, 0.3) is 0 Å². The molecule has 0 radical (unpaired) electrons. The number of hydrogen-bond acceptors (Lipinski definition) is 3. The summed E-state index contributed by atoms with van der Waals surface area (Å²) in [6.45, 7) is 5.26. The summed E-state index contributed by atoms with van der Waals surface area (Å²) in [4.78, 5) is 10.1. The zero-order chi connectivity index (χ0) is 14.4. The predicted molar refractivity (Wildman–Crippen MR) is 102 cm³/mol. The Morgan fingerprint density at radius 3 is 2.90 bits per heavy atom. The lowest BCUT2D eigenvalue weighted by Crippen LogP contribution is -2.44. The van der Waals surface area contributed by atoms with Gasteiger partial charge in [-0.2, -0.15) is 0 Å². The Morgan fingerprint density at radius 1 is 1.48 bits per heavy atom. The molecule has 21 heavy (non-hydrogen) atoms. The Kier molecular flexibility index (Phi) is 8.55. The molecule has 2 N–H and O–H groups in total. The van der Waals surface area contributed by atoms with Crippen molar-refractivity contribution in [2.75, 3.05) is 7.05 Å². The van der Waals surface area contributed by atoms with Gasteiger partial charge in [-0.15, -0.1) is 35.3 Å². The van der Waals surface area contributed by atoms with Crippen LogP contribution in [0.25, 0.3) is 0 Å². The molecule has 1 aromatic heterocycles. The summed E-state index contributed by atoms with van der Waals surface area (Å²) < 4.78 is 0. The summed E-state index contributed by atoms with van der Waals surface area (Å²) >= 11 is 1.78. The van der Waals surface area contributed by atoms with Crippen LogP contribution in [0.4, 0.5) is 0 Å². The van der Waals surface area contributed by atoms with Gasteiger partial charge in [-0.05, 0) is 25.2 Å². The largest absolute Gasteiger partial charge is 0.354 e. The molecule has 0 bridgehead atoms. The van der Waals surface area contributed by atoms with Crippen LogP contribution in [0.3, 0.4) is 0 Å². The van der Waals surface area contributed by atoms with E-state index in [1.165, 1.54) is 30.6 Å². The molecule has 1 heterocycles. The predicted octanol–water partition coefficient (Wildman–Crippen LogP) is 3.57. The maximum Gasteiger partial charge on any atom is 0.191 e. The highest BCUT2D eigenvalue weighted by atomic mass is 127. The summed E-state index contributed by atoms with van der Waals surface area (Å²) in [5.74, 6) is 1.72. The fourth-order valence-electron chi connectivity index (χ4n) is 2.71. The van der Waals surface area contributed by atoms with Crippen LogP contribution < -0.4 is 10.6 Å². The number of thiazole rings is 1. The van der Waals surface area contributed by atoms with Crippen LogP contribution in [-0.2, 0) is 13.0 Å². The second-order valence-corrected chi connectivity index (χ2v) is 6.81. The average Bonchev–Trinajstić information content (AvgIpc) is 2.91. The second-order valence-electron chi connectivity index (χ2n) is 5.61. The molecule has 2 atom stereocenters.